The molecule has 2 aromatic carbocycles. The number of rotatable bonds is 4. The molecule has 2 atom stereocenters. The van der Waals surface area contributed by atoms with Crippen LogP contribution in [-0.4, -0.2) is 10.2 Å². The normalized spacial score (nSPS) is 13.9. The van der Waals surface area contributed by atoms with Crippen molar-refractivity contribution in [3.8, 4) is 11.5 Å². The van der Waals surface area contributed by atoms with Crippen molar-refractivity contribution in [3.63, 3.8) is 0 Å². The average molecular weight is 271 g/mol. The molecule has 0 fully saturated rings. The summed E-state index contributed by atoms with van der Waals surface area (Å²) in [7, 11) is 0. The van der Waals surface area contributed by atoms with E-state index in [1.165, 1.54) is 17.2 Å². The highest BCUT2D eigenvalue weighted by atomic mass is 16.3. The molecule has 0 saturated heterocycles. The van der Waals surface area contributed by atoms with Gasteiger partial charge >= 0.3 is 0 Å². The fraction of sp³-hybridized carbons (Fsp3) is 0.294. The van der Waals surface area contributed by atoms with Crippen LogP contribution in [0.1, 0.15) is 42.6 Å². The number of benzene rings is 2. The quantitative estimate of drug-likeness (QED) is 0.792. The molecule has 2 rings (SSSR count). The van der Waals surface area contributed by atoms with Gasteiger partial charge in [-0.1, -0.05) is 30.3 Å². The molecule has 20 heavy (non-hydrogen) atoms. The molecule has 0 saturated carbocycles. The second-order valence-corrected chi connectivity index (χ2v) is 5.21. The molecule has 106 valence electrons. The van der Waals surface area contributed by atoms with Gasteiger partial charge in [-0.05, 0) is 38.0 Å². The van der Waals surface area contributed by atoms with Crippen LogP contribution < -0.4 is 5.32 Å². The number of nitrogens with one attached hydrogen (secondary N) is 1. The highest BCUT2D eigenvalue weighted by Gasteiger charge is 2.15. The Morgan fingerprint density at radius 1 is 0.900 bits per heavy atom. The summed E-state index contributed by atoms with van der Waals surface area (Å²) in [5.74, 6) is 0.187. The van der Waals surface area contributed by atoms with Crippen LogP contribution >= 0.6 is 0 Å². The third-order valence-corrected chi connectivity index (χ3v) is 3.64. The molecule has 0 amide bonds. The molecule has 0 radical (unpaired) electrons. The standard InChI is InChI=1S/C17H21NO2/c1-11-6-4-5-7-15(11)12(2)18-13(3)16-9-8-14(19)10-17(16)20/h4-10,12-13,18-20H,1-3H3/t12-,13?/m0/s1. The fourth-order valence-electron chi connectivity index (χ4n) is 2.53. The van der Waals surface area contributed by atoms with Crippen molar-refractivity contribution in [1.82, 2.24) is 5.32 Å². The molecule has 1 unspecified atom stereocenters. The van der Waals surface area contributed by atoms with Gasteiger partial charge in [0.15, 0.2) is 0 Å². The SMILES string of the molecule is Cc1ccccc1[C@H](C)NC(C)c1ccc(O)cc1O. The summed E-state index contributed by atoms with van der Waals surface area (Å²) in [4.78, 5) is 0. The zero-order chi connectivity index (χ0) is 14.7. The molecule has 0 aliphatic carbocycles. The number of phenolic OH excluding ortho intramolecular Hbond substituents is 2. The summed E-state index contributed by atoms with van der Waals surface area (Å²) in [5, 5.41) is 22.7. The van der Waals surface area contributed by atoms with Gasteiger partial charge < -0.3 is 15.5 Å². The molecular weight excluding hydrogens is 250 g/mol. The predicted molar refractivity (Wildman–Crippen MR) is 80.9 cm³/mol. The number of hydrogen-bond acceptors (Lipinski definition) is 3. The van der Waals surface area contributed by atoms with E-state index in [-0.39, 0.29) is 23.6 Å². The molecule has 0 heterocycles. The summed E-state index contributed by atoms with van der Waals surface area (Å²) in [6.07, 6.45) is 0. The zero-order valence-corrected chi connectivity index (χ0v) is 12.1. The average Bonchev–Trinajstić information content (AvgIpc) is 2.38. The third-order valence-electron chi connectivity index (χ3n) is 3.64. The van der Waals surface area contributed by atoms with E-state index in [2.05, 4.69) is 31.3 Å². The Kier molecular flexibility index (Phi) is 4.30. The maximum absolute atomic E-state index is 9.90. The van der Waals surface area contributed by atoms with E-state index >= 15 is 0 Å². The number of phenols is 2. The van der Waals surface area contributed by atoms with E-state index in [4.69, 9.17) is 0 Å². The Morgan fingerprint density at radius 3 is 2.20 bits per heavy atom. The summed E-state index contributed by atoms with van der Waals surface area (Å²) in [6.45, 7) is 6.20. The number of aromatic hydroxyl groups is 2. The first-order chi connectivity index (χ1) is 9.49. The Balaban J connectivity index is 2.15. The van der Waals surface area contributed by atoms with Crippen LogP contribution in [-0.2, 0) is 0 Å². The van der Waals surface area contributed by atoms with Gasteiger partial charge in [-0.15, -0.1) is 0 Å². The second-order valence-electron chi connectivity index (χ2n) is 5.21. The van der Waals surface area contributed by atoms with Crippen molar-refractivity contribution < 1.29 is 10.2 Å². The molecule has 3 nitrogen and oxygen atoms in total. The van der Waals surface area contributed by atoms with Crippen LogP contribution in [0.3, 0.4) is 0 Å². The molecule has 0 spiro atoms. The monoisotopic (exact) mass is 271 g/mol. The van der Waals surface area contributed by atoms with Gasteiger partial charge in [0.1, 0.15) is 11.5 Å². The smallest absolute Gasteiger partial charge is 0.124 e. The maximum Gasteiger partial charge on any atom is 0.124 e. The van der Waals surface area contributed by atoms with E-state index < -0.39 is 0 Å². The second kappa shape index (κ2) is 5.97. The van der Waals surface area contributed by atoms with Gasteiger partial charge in [-0.3, -0.25) is 0 Å². The van der Waals surface area contributed by atoms with E-state index in [1.807, 2.05) is 19.1 Å². The van der Waals surface area contributed by atoms with Crippen molar-refractivity contribution in [1.29, 1.82) is 0 Å². The van der Waals surface area contributed by atoms with E-state index in [1.54, 1.807) is 12.1 Å². The Bertz CT molecular complexity index is 595. The largest absolute Gasteiger partial charge is 0.508 e. The lowest BCUT2D eigenvalue weighted by atomic mass is 10.00. The van der Waals surface area contributed by atoms with Crippen LogP contribution in [0.4, 0.5) is 0 Å². The van der Waals surface area contributed by atoms with Gasteiger partial charge in [-0.2, -0.15) is 0 Å². The first kappa shape index (κ1) is 14.4. The van der Waals surface area contributed by atoms with Crippen LogP contribution in [0.2, 0.25) is 0 Å². The third kappa shape index (κ3) is 3.11. The van der Waals surface area contributed by atoms with Gasteiger partial charge in [0, 0.05) is 23.7 Å². The lowest BCUT2D eigenvalue weighted by Gasteiger charge is -2.22. The summed E-state index contributed by atoms with van der Waals surface area (Å²) in [6, 6.07) is 13.1. The van der Waals surface area contributed by atoms with Gasteiger partial charge in [-0.25, -0.2) is 0 Å². The maximum atomic E-state index is 9.90. The molecule has 3 N–H and O–H groups in total. The minimum Gasteiger partial charge on any atom is -0.508 e. The topological polar surface area (TPSA) is 52.5 Å². The lowest BCUT2D eigenvalue weighted by Crippen LogP contribution is -2.23. The predicted octanol–water partition coefficient (Wildman–Crippen LogP) is 3.82. The van der Waals surface area contributed by atoms with Gasteiger partial charge in [0.05, 0.1) is 0 Å². The summed E-state index contributed by atoms with van der Waals surface area (Å²) in [5.41, 5.74) is 3.27. The van der Waals surface area contributed by atoms with Crippen molar-refractivity contribution in [3.05, 3.63) is 59.2 Å². The minimum absolute atomic E-state index is 0.00907. The molecule has 3 heteroatoms. The van der Waals surface area contributed by atoms with Crippen LogP contribution in [0.5, 0.6) is 11.5 Å². The molecule has 2 aromatic rings. The van der Waals surface area contributed by atoms with Crippen molar-refractivity contribution in [2.45, 2.75) is 32.9 Å². The van der Waals surface area contributed by atoms with Crippen molar-refractivity contribution >= 4 is 0 Å². The molecule has 0 aliphatic rings. The molecular formula is C17H21NO2. The zero-order valence-electron chi connectivity index (χ0n) is 12.1. The van der Waals surface area contributed by atoms with E-state index in [0.717, 1.165) is 5.56 Å². The minimum atomic E-state index is -0.00907. The van der Waals surface area contributed by atoms with Crippen LogP contribution in [0.25, 0.3) is 0 Å². The first-order valence-corrected chi connectivity index (χ1v) is 6.82. The van der Waals surface area contributed by atoms with Crippen LogP contribution in [0.15, 0.2) is 42.5 Å². The van der Waals surface area contributed by atoms with E-state index in [0.29, 0.717) is 0 Å². The van der Waals surface area contributed by atoms with Crippen LogP contribution in [0, 0.1) is 6.92 Å². The molecule has 0 aromatic heterocycles. The van der Waals surface area contributed by atoms with Crippen molar-refractivity contribution in [2.75, 3.05) is 0 Å². The first-order valence-electron chi connectivity index (χ1n) is 6.82. The summed E-state index contributed by atoms with van der Waals surface area (Å²) >= 11 is 0. The Labute approximate surface area is 119 Å². The van der Waals surface area contributed by atoms with Gasteiger partial charge in [0.25, 0.3) is 0 Å². The fourth-order valence-corrected chi connectivity index (χ4v) is 2.53. The molecule has 0 bridgehead atoms. The Hall–Kier alpha value is -2.00. The highest BCUT2D eigenvalue weighted by molar-refractivity contribution is 5.40. The highest BCUT2D eigenvalue weighted by Crippen LogP contribution is 2.29. The van der Waals surface area contributed by atoms with Gasteiger partial charge in [0.2, 0.25) is 0 Å². The van der Waals surface area contributed by atoms with Crippen molar-refractivity contribution in [2.24, 2.45) is 0 Å². The Morgan fingerprint density at radius 2 is 1.55 bits per heavy atom. The number of hydrogen-bond donors (Lipinski definition) is 3. The molecule has 0 aliphatic heterocycles. The lowest BCUT2D eigenvalue weighted by molar-refractivity contribution is 0.427. The number of aryl methyl sites for hydroxylation is 1. The summed E-state index contributed by atoms with van der Waals surface area (Å²) < 4.78 is 0. The van der Waals surface area contributed by atoms with E-state index in [9.17, 15) is 10.2 Å².